The molecule has 2 rings (SSSR count). The van der Waals surface area contributed by atoms with E-state index in [4.69, 9.17) is 10.2 Å². The van der Waals surface area contributed by atoms with E-state index in [2.05, 4.69) is 4.98 Å². The van der Waals surface area contributed by atoms with Crippen LogP contribution >= 0.6 is 11.8 Å². The zero-order valence-electron chi connectivity index (χ0n) is 7.51. The summed E-state index contributed by atoms with van der Waals surface area (Å²) in [5, 5.41) is 0.869. The van der Waals surface area contributed by atoms with Crippen LogP contribution in [0.3, 0.4) is 0 Å². The Hall–Kier alpha value is -1.42. The molecular weight excluding hydrogens is 196 g/mol. The summed E-state index contributed by atoms with van der Waals surface area (Å²) in [6, 6.07) is 5.62. The minimum Gasteiger partial charge on any atom is -0.472 e. The lowest BCUT2D eigenvalue weighted by Crippen LogP contribution is -1.90. The van der Waals surface area contributed by atoms with Crippen molar-refractivity contribution < 1.29 is 4.42 Å². The van der Waals surface area contributed by atoms with E-state index in [0.717, 1.165) is 22.0 Å². The molecule has 0 amide bonds. The minimum atomic E-state index is 0.723. The van der Waals surface area contributed by atoms with Crippen molar-refractivity contribution in [1.82, 2.24) is 4.98 Å². The van der Waals surface area contributed by atoms with Crippen molar-refractivity contribution in [2.75, 3.05) is 5.73 Å². The van der Waals surface area contributed by atoms with Gasteiger partial charge in [0.25, 0.3) is 0 Å². The van der Waals surface area contributed by atoms with Crippen molar-refractivity contribution >= 4 is 17.4 Å². The van der Waals surface area contributed by atoms with Crippen LogP contribution in [-0.2, 0) is 5.75 Å². The summed E-state index contributed by atoms with van der Waals surface area (Å²) in [4.78, 5) is 4.19. The third-order valence-electron chi connectivity index (χ3n) is 1.76. The van der Waals surface area contributed by atoms with Gasteiger partial charge in [0.2, 0.25) is 0 Å². The molecule has 0 saturated heterocycles. The van der Waals surface area contributed by atoms with Crippen LogP contribution in [0.1, 0.15) is 5.56 Å². The predicted molar refractivity (Wildman–Crippen MR) is 56.9 cm³/mol. The molecule has 72 valence electrons. The van der Waals surface area contributed by atoms with Crippen LogP contribution in [0.25, 0.3) is 0 Å². The summed E-state index contributed by atoms with van der Waals surface area (Å²) in [6.07, 6.45) is 5.14. The second-order valence-electron chi connectivity index (χ2n) is 2.82. The van der Waals surface area contributed by atoms with Gasteiger partial charge in [0.05, 0.1) is 18.2 Å². The molecular formula is C10H10N2OS. The number of nitrogens with zero attached hydrogens (tertiary/aromatic N) is 1. The van der Waals surface area contributed by atoms with Crippen LogP contribution in [0.15, 0.2) is 46.4 Å². The van der Waals surface area contributed by atoms with Crippen LogP contribution in [0.2, 0.25) is 0 Å². The zero-order valence-corrected chi connectivity index (χ0v) is 8.33. The van der Waals surface area contributed by atoms with E-state index in [1.165, 1.54) is 0 Å². The van der Waals surface area contributed by atoms with Crippen molar-refractivity contribution in [2.45, 2.75) is 10.8 Å². The van der Waals surface area contributed by atoms with Gasteiger partial charge in [-0.2, -0.15) is 0 Å². The molecule has 2 aromatic rings. The first-order valence-electron chi connectivity index (χ1n) is 4.20. The second-order valence-corrected chi connectivity index (χ2v) is 3.78. The van der Waals surface area contributed by atoms with Gasteiger partial charge in [0.1, 0.15) is 5.03 Å². The van der Waals surface area contributed by atoms with Crippen molar-refractivity contribution in [3.63, 3.8) is 0 Å². The molecule has 0 aliphatic rings. The Balaban J connectivity index is 2.02. The molecule has 0 atom stereocenters. The number of hydrogen-bond acceptors (Lipinski definition) is 4. The van der Waals surface area contributed by atoms with E-state index in [1.807, 2.05) is 18.2 Å². The normalized spacial score (nSPS) is 10.3. The third-order valence-corrected chi connectivity index (χ3v) is 2.85. The Labute approximate surface area is 86.3 Å². The van der Waals surface area contributed by atoms with E-state index in [1.54, 1.807) is 30.5 Å². The minimum absolute atomic E-state index is 0.723. The fourth-order valence-corrected chi connectivity index (χ4v) is 1.89. The molecule has 0 saturated carbocycles. The Morgan fingerprint density at radius 3 is 3.07 bits per heavy atom. The monoisotopic (exact) mass is 206 g/mol. The maximum absolute atomic E-state index is 5.75. The summed E-state index contributed by atoms with van der Waals surface area (Å²) in [5.41, 5.74) is 7.62. The molecule has 0 spiro atoms. The van der Waals surface area contributed by atoms with E-state index < -0.39 is 0 Å². The highest BCUT2D eigenvalue weighted by atomic mass is 32.2. The number of anilines is 1. The summed E-state index contributed by atoms with van der Waals surface area (Å²) in [6.45, 7) is 0. The zero-order chi connectivity index (χ0) is 9.80. The largest absolute Gasteiger partial charge is 0.472 e. The van der Waals surface area contributed by atoms with Gasteiger partial charge >= 0.3 is 0 Å². The van der Waals surface area contributed by atoms with E-state index in [-0.39, 0.29) is 0 Å². The Bertz CT molecular complexity index is 400. The molecule has 0 aliphatic carbocycles. The van der Waals surface area contributed by atoms with Crippen molar-refractivity contribution in [1.29, 1.82) is 0 Å². The third kappa shape index (κ3) is 2.09. The molecule has 2 aromatic heterocycles. The van der Waals surface area contributed by atoms with Crippen LogP contribution in [0.4, 0.5) is 5.69 Å². The van der Waals surface area contributed by atoms with Crippen molar-refractivity contribution in [2.24, 2.45) is 0 Å². The molecule has 2 N–H and O–H groups in total. The predicted octanol–water partition coefficient (Wildman–Crippen LogP) is 2.55. The van der Waals surface area contributed by atoms with Crippen molar-refractivity contribution in [3.05, 3.63) is 42.5 Å². The maximum Gasteiger partial charge on any atom is 0.119 e. The van der Waals surface area contributed by atoms with Crippen molar-refractivity contribution in [3.8, 4) is 0 Å². The number of hydrogen-bond donors (Lipinski definition) is 1. The number of furan rings is 1. The molecule has 0 radical (unpaired) electrons. The smallest absolute Gasteiger partial charge is 0.119 e. The molecule has 2 heterocycles. The molecule has 0 unspecified atom stereocenters. The summed E-state index contributed by atoms with van der Waals surface area (Å²) < 4.78 is 4.97. The van der Waals surface area contributed by atoms with E-state index >= 15 is 0 Å². The van der Waals surface area contributed by atoms with Gasteiger partial charge in [-0.1, -0.05) is 11.8 Å². The summed E-state index contributed by atoms with van der Waals surface area (Å²) in [7, 11) is 0. The number of pyridine rings is 1. The maximum atomic E-state index is 5.75. The van der Waals surface area contributed by atoms with Crippen LogP contribution < -0.4 is 5.73 Å². The van der Waals surface area contributed by atoms with Crippen LogP contribution in [0, 0.1) is 0 Å². The molecule has 0 fully saturated rings. The van der Waals surface area contributed by atoms with Crippen LogP contribution in [-0.4, -0.2) is 4.98 Å². The first kappa shape index (κ1) is 9.15. The quantitative estimate of drug-likeness (QED) is 0.784. The Morgan fingerprint density at radius 1 is 1.43 bits per heavy atom. The highest BCUT2D eigenvalue weighted by Gasteiger charge is 2.01. The number of aromatic nitrogens is 1. The van der Waals surface area contributed by atoms with Gasteiger partial charge in [-0.05, 0) is 18.2 Å². The van der Waals surface area contributed by atoms with Gasteiger partial charge in [0, 0.05) is 17.5 Å². The number of rotatable bonds is 3. The fourth-order valence-electron chi connectivity index (χ4n) is 1.05. The molecule has 0 aliphatic heterocycles. The lowest BCUT2D eigenvalue weighted by atomic mass is 10.4. The SMILES string of the molecule is Nc1cccnc1SCc1ccoc1. The van der Waals surface area contributed by atoms with Gasteiger partial charge in [0.15, 0.2) is 0 Å². The average molecular weight is 206 g/mol. The number of thioether (sulfide) groups is 1. The second kappa shape index (κ2) is 4.19. The number of nitrogens with two attached hydrogens (primary N) is 1. The lowest BCUT2D eigenvalue weighted by molar-refractivity contribution is 0.565. The van der Waals surface area contributed by atoms with Gasteiger partial charge < -0.3 is 10.2 Å². The molecule has 3 nitrogen and oxygen atoms in total. The van der Waals surface area contributed by atoms with Gasteiger partial charge in [-0.3, -0.25) is 0 Å². The van der Waals surface area contributed by atoms with Gasteiger partial charge in [-0.25, -0.2) is 4.98 Å². The standard InChI is InChI=1S/C10H10N2OS/c11-9-2-1-4-12-10(9)14-7-8-3-5-13-6-8/h1-6H,7,11H2. The highest BCUT2D eigenvalue weighted by Crippen LogP contribution is 2.25. The molecule has 4 heteroatoms. The summed E-state index contributed by atoms with van der Waals surface area (Å²) in [5.74, 6) is 0.831. The molecule has 0 aromatic carbocycles. The lowest BCUT2D eigenvalue weighted by Gasteiger charge is -2.01. The summed E-state index contributed by atoms with van der Waals surface area (Å²) >= 11 is 1.61. The average Bonchev–Trinajstić information content (AvgIpc) is 2.69. The fraction of sp³-hybridized carbons (Fsp3) is 0.100. The highest BCUT2D eigenvalue weighted by molar-refractivity contribution is 7.98. The van der Waals surface area contributed by atoms with E-state index in [0.29, 0.717) is 0 Å². The van der Waals surface area contributed by atoms with Gasteiger partial charge in [-0.15, -0.1) is 0 Å². The molecule has 14 heavy (non-hydrogen) atoms. The first-order chi connectivity index (χ1) is 6.86. The Morgan fingerprint density at radius 2 is 2.36 bits per heavy atom. The first-order valence-corrected chi connectivity index (χ1v) is 5.19. The molecule has 0 bridgehead atoms. The topological polar surface area (TPSA) is 52.0 Å². The Kier molecular flexibility index (Phi) is 2.74. The number of nitrogen functional groups attached to an aromatic ring is 1. The van der Waals surface area contributed by atoms with Crippen LogP contribution in [0.5, 0.6) is 0 Å². The van der Waals surface area contributed by atoms with E-state index in [9.17, 15) is 0 Å².